The Labute approximate surface area is 138 Å². The summed E-state index contributed by atoms with van der Waals surface area (Å²) < 4.78 is 27.1. The van der Waals surface area contributed by atoms with E-state index >= 15 is 0 Å². The molecule has 0 saturated heterocycles. The van der Waals surface area contributed by atoms with Gasteiger partial charge in [0, 0.05) is 17.4 Å². The molecule has 2 aromatic carbocycles. The number of nitrogens with one attached hydrogen (secondary N) is 1. The molecule has 0 bridgehead atoms. The molecule has 3 nitrogen and oxygen atoms in total. The van der Waals surface area contributed by atoms with Crippen LogP contribution in [0.1, 0.15) is 29.5 Å². The summed E-state index contributed by atoms with van der Waals surface area (Å²) in [6.45, 7) is 2.46. The van der Waals surface area contributed by atoms with Crippen LogP contribution < -0.4 is 4.72 Å². The van der Waals surface area contributed by atoms with Gasteiger partial charge in [-0.15, -0.1) is 0 Å². The summed E-state index contributed by atoms with van der Waals surface area (Å²) >= 11 is 0. The zero-order chi connectivity index (χ0) is 16.3. The largest absolute Gasteiger partial charge is 0.233 e. The van der Waals surface area contributed by atoms with Gasteiger partial charge >= 0.3 is 0 Å². The first-order valence-corrected chi connectivity index (χ1v) is 9.34. The van der Waals surface area contributed by atoms with Crippen LogP contribution in [0.25, 0.3) is 6.08 Å². The van der Waals surface area contributed by atoms with E-state index in [0.29, 0.717) is 6.54 Å². The summed E-state index contributed by atoms with van der Waals surface area (Å²) in [6.07, 6.45) is 3.69. The quantitative estimate of drug-likeness (QED) is 0.881. The molecular weight excluding hydrogens is 306 g/mol. The number of rotatable bonds is 6. The van der Waals surface area contributed by atoms with Crippen molar-refractivity contribution in [2.75, 3.05) is 6.54 Å². The van der Waals surface area contributed by atoms with Gasteiger partial charge in [-0.05, 0) is 37.0 Å². The molecule has 0 radical (unpaired) electrons. The Morgan fingerprint density at radius 3 is 2.30 bits per heavy atom. The molecule has 1 saturated carbocycles. The number of aryl methyl sites for hydroxylation is 1. The molecule has 1 N–H and O–H groups in total. The molecule has 3 rings (SSSR count). The zero-order valence-electron chi connectivity index (χ0n) is 13.2. The Morgan fingerprint density at radius 2 is 1.70 bits per heavy atom. The first kappa shape index (κ1) is 16.0. The van der Waals surface area contributed by atoms with Gasteiger partial charge in [0.25, 0.3) is 0 Å². The lowest BCUT2D eigenvalue weighted by Gasteiger charge is -2.15. The summed E-state index contributed by atoms with van der Waals surface area (Å²) in [6, 6.07) is 17.9. The molecule has 0 aromatic heterocycles. The Kier molecular flexibility index (Phi) is 4.37. The van der Waals surface area contributed by atoms with Crippen LogP contribution in [0, 0.1) is 6.92 Å². The SMILES string of the molecule is Cc1ccc(/C=C/S(=O)(=O)NCC2(c3ccccc3)CC2)cc1. The molecular formula is C19H21NO2S. The van der Waals surface area contributed by atoms with Gasteiger partial charge in [0.05, 0.1) is 0 Å². The van der Waals surface area contributed by atoms with E-state index in [4.69, 9.17) is 0 Å². The Bertz CT molecular complexity index is 789. The number of sulfonamides is 1. The summed E-state index contributed by atoms with van der Waals surface area (Å²) in [4.78, 5) is 0. The van der Waals surface area contributed by atoms with E-state index in [2.05, 4.69) is 16.9 Å². The Morgan fingerprint density at radius 1 is 1.04 bits per heavy atom. The predicted octanol–water partition coefficient (Wildman–Crippen LogP) is 3.62. The first-order chi connectivity index (χ1) is 11.0. The van der Waals surface area contributed by atoms with E-state index in [1.807, 2.05) is 49.4 Å². The number of hydrogen-bond donors (Lipinski definition) is 1. The Balaban J connectivity index is 1.64. The third-order valence-electron chi connectivity index (χ3n) is 4.37. The van der Waals surface area contributed by atoms with Crippen LogP contribution in [0.2, 0.25) is 0 Å². The molecule has 0 atom stereocenters. The van der Waals surface area contributed by atoms with E-state index in [9.17, 15) is 8.42 Å². The van der Waals surface area contributed by atoms with Crippen LogP contribution in [-0.4, -0.2) is 15.0 Å². The molecule has 0 amide bonds. The highest BCUT2D eigenvalue weighted by molar-refractivity contribution is 7.92. The van der Waals surface area contributed by atoms with Crippen molar-refractivity contribution in [2.24, 2.45) is 0 Å². The van der Waals surface area contributed by atoms with Gasteiger partial charge in [-0.2, -0.15) is 0 Å². The standard InChI is InChI=1S/C19H21NO2S/c1-16-7-9-17(10-8-16)11-14-23(21,22)20-15-19(12-13-19)18-5-3-2-4-6-18/h2-11,14,20H,12-13,15H2,1H3/b14-11+. The van der Waals surface area contributed by atoms with Crippen LogP contribution in [0.15, 0.2) is 60.0 Å². The lowest BCUT2D eigenvalue weighted by Crippen LogP contribution is -2.30. The van der Waals surface area contributed by atoms with Crippen molar-refractivity contribution >= 4 is 16.1 Å². The van der Waals surface area contributed by atoms with E-state index in [0.717, 1.165) is 24.0 Å². The van der Waals surface area contributed by atoms with Crippen molar-refractivity contribution in [3.05, 3.63) is 76.7 Å². The number of benzene rings is 2. The van der Waals surface area contributed by atoms with Crippen molar-refractivity contribution in [1.82, 2.24) is 4.72 Å². The van der Waals surface area contributed by atoms with Gasteiger partial charge in [0.1, 0.15) is 0 Å². The molecule has 0 spiro atoms. The molecule has 23 heavy (non-hydrogen) atoms. The van der Waals surface area contributed by atoms with Crippen LogP contribution in [0.4, 0.5) is 0 Å². The van der Waals surface area contributed by atoms with E-state index < -0.39 is 10.0 Å². The molecule has 1 aliphatic rings. The van der Waals surface area contributed by atoms with Gasteiger partial charge < -0.3 is 0 Å². The van der Waals surface area contributed by atoms with Crippen LogP contribution in [0.5, 0.6) is 0 Å². The minimum atomic E-state index is -3.42. The highest BCUT2D eigenvalue weighted by Crippen LogP contribution is 2.47. The normalized spacial score (nSPS) is 16.6. The van der Waals surface area contributed by atoms with E-state index in [1.54, 1.807) is 6.08 Å². The molecule has 0 heterocycles. The first-order valence-electron chi connectivity index (χ1n) is 7.79. The fourth-order valence-electron chi connectivity index (χ4n) is 2.64. The number of hydrogen-bond acceptors (Lipinski definition) is 2. The predicted molar refractivity (Wildman–Crippen MR) is 94.5 cm³/mol. The highest BCUT2D eigenvalue weighted by Gasteiger charge is 2.44. The lowest BCUT2D eigenvalue weighted by atomic mass is 9.96. The van der Waals surface area contributed by atoms with Crippen molar-refractivity contribution in [3.63, 3.8) is 0 Å². The maximum Gasteiger partial charge on any atom is 0.233 e. The maximum absolute atomic E-state index is 12.2. The molecule has 0 aliphatic heterocycles. The second kappa shape index (κ2) is 6.30. The van der Waals surface area contributed by atoms with E-state index in [-0.39, 0.29) is 5.41 Å². The molecule has 4 heteroatoms. The molecule has 2 aromatic rings. The van der Waals surface area contributed by atoms with Crippen LogP contribution in [-0.2, 0) is 15.4 Å². The molecule has 1 aliphatic carbocycles. The summed E-state index contributed by atoms with van der Waals surface area (Å²) in [7, 11) is -3.42. The van der Waals surface area contributed by atoms with Crippen LogP contribution in [0.3, 0.4) is 0 Å². The second-order valence-electron chi connectivity index (χ2n) is 6.23. The second-order valence-corrected chi connectivity index (χ2v) is 7.88. The maximum atomic E-state index is 12.2. The highest BCUT2D eigenvalue weighted by atomic mass is 32.2. The van der Waals surface area contributed by atoms with Crippen molar-refractivity contribution in [2.45, 2.75) is 25.2 Å². The summed E-state index contributed by atoms with van der Waals surface area (Å²) in [5.74, 6) is 0. The lowest BCUT2D eigenvalue weighted by molar-refractivity contribution is 0.576. The van der Waals surface area contributed by atoms with Crippen LogP contribution >= 0.6 is 0 Å². The van der Waals surface area contributed by atoms with Gasteiger partial charge in [0.2, 0.25) is 10.0 Å². The fourth-order valence-corrected chi connectivity index (χ4v) is 3.55. The van der Waals surface area contributed by atoms with Gasteiger partial charge in [-0.1, -0.05) is 60.2 Å². The van der Waals surface area contributed by atoms with Crippen molar-refractivity contribution < 1.29 is 8.42 Å². The smallest absolute Gasteiger partial charge is 0.211 e. The van der Waals surface area contributed by atoms with Gasteiger partial charge in [0.15, 0.2) is 0 Å². The minimum Gasteiger partial charge on any atom is -0.211 e. The third-order valence-corrected chi connectivity index (χ3v) is 5.41. The average Bonchev–Trinajstić information content (AvgIpc) is 3.35. The summed E-state index contributed by atoms with van der Waals surface area (Å²) in [5.41, 5.74) is 3.23. The van der Waals surface area contributed by atoms with E-state index in [1.165, 1.54) is 11.0 Å². The molecule has 1 fully saturated rings. The summed E-state index contributed by atoms with van der Waals surface area (Å²) in [5, 5.41) is 1.25. The average molecular weight is 327 g/mol. The molecule has 0 unspecified atom stereocenters. The third kappa shape index (κ3) is 4.09. The minimum absolute atomic E-state index is 0.0218. The van der Waals surface area contributed by atoms with Gasteiger partial charge in [-0.3, -0.25) is 0 Å². The Hall–Kier alpha value is -1.91. The van der Waals surface area contributed by atoms with Gasteiger partial charge in [-0.25, -0.2) is 13.1 Å². The zero-order valence-corrected chi connectivity index (χ0v) is 14.0. The molecule has 120 valence electrons. The van der Waals surface area contributed by atoms with Crippen molar-refractivity contribution in [3.8, 4) is 0 Å². The van der Waals surface area contributed by atoms with Crippen molar-refractivity contribution in [1.29, 1.82) is 0 Å². The fraction of sp³-hybridized carbons (Fsp3) is 0.263. The topological polar surface area (TPSA) is 46.2 Å². The monoisotopic (exact) mass is 327 g/mol.